The fraction of sp³-hybridized carbons (Fsp3) is 0.933. The van der Waals surface area contributed by atoms with Crippen molar-refractivity contribution in [3.05, 3.63) is 0 Å². The molecule has 0 spiro atoms. The molecule has 1 fully saturated rings. The van der Waals surface area contributed by atoms with Crippen LogP contribution in [0, 0.1) is 11.3 Å². The van der Waals surface area contributed by atoms with Gasteiger partial charge in [-0.2, -0.15) is 0 Å². The van der Waals surface area contributed by atoms with E-state index in [9.17, 15) is 4.79 Å². The third-order valence-corrected chi connectivity index (χ3v) is 3.93. The van der Waals surface area contributed by atoms with Crippen LogP contribution >= 0.6 is 0 Å². The van der Waals surface area contributed by atoms with Crippen LogP contribution in [0.2, 0.25) is 0 Å². The van der Waals surface area contributed by atoms with E-state index in [1.54, 1.807) is 0 Å². The average molecular weight is 254 g/mol. The smallest absolute Gasteiger partial charge is 0.222 e. The minimum atomic E-state index is 0.187. The van der Waals surface area contributed by atoms with Crippen LogP contribution < -0.4 is 5.73 Å². The second-order valence-electron chi connectivity index (χ2n) is 6.79. The SMILES string of the molecule is CC(C)N(CC1CC1)C(=O)CCC(C)(C)CCN. The van der Waals surface area contributed by atoms with Crippen LogP contribution in [0.3, 0.4) is 0 Å². The molecule has 0 aromatic rings. The number of carbonyl (C=O) groups is 1. The van der Waals surface area contributed by atoms with Gasteiger partial charge in [-0.1, -0.05) is 13.8 Å². The van der Waals surface area contributed by atoms with Crippen molar-refractivity contribution in [2.24, 2.45) is 17.1 Å². The summed E-state index contributed by atoms with van der Waals surface area (Å²) in [4.78, 5) is 14.4. The number of hydrogen-bond donors (Lipinski definition) is 1. The zero-order valence-electron chi connectivity index (χ0n) is 12.5. The van der Waals surface area contributed by atoms with E-state index in [1.165, 1.54) is 12.8 Å². The minimum absolute atomic E-state index is 0.187. The monoisotopic (exact) mass is 254 g/mol. The third kappa shape index (κ3) is 5.38. The zero-order chi connectivity index (χ0) is 13.8. The first-order valence-corrected chi connectivity index (χ1v) is 7.35. The van der Waals surface area contributed by atoms with Crippen molar-refractivity contribution in [3.63, 3.8) is 0 Å². The Balaban J connectivity index is 2.40. The van der Waals surface area contributed by atoms with Gasteiger partial charge in [-0.15, -0.1) is 0 Å². The van der Waals surface area contributed by atoms with Gasteiger partial charge in [0.05, 0.1) is 0 Å². The van der Waals surface area contributed by atoms with E-state index < -0.39 is 0 Å². The summed E-state index contributed by atoms with van der Waals surface area (Å²) in [6, 6.07) is 0.329. The van der Waals surface area contributed by atoms with Gasteiger partial charge in [-0.3, -0.25) is 4.79 Å². The van der Waals surface area contributed by atoms with Gasteiger partial charge in [0.25, 0.3) is 0 Å². The number of carbonyl (C=O) groups excluding carboxylic acids is 1. The molecule has 0 radical (unpaired) electrons. The molecule has 0 saturated heterocycles. The molecule has 1 aliphatic carbocycles. The number of nitrogens with two attached hydrogens (primary N) is 1. The van der Waals surface area contributed by atoms with Gasteiger partial charge in [0.15, 0.2) is 0 Å². The molecule has 3 nitrogen and oxygen atoms in total. The largest absolute Gasteiger partial charge is 0.340 e. The summed E-state index contributed by atoms with van der Waals surface area (Å²) in [6.45, 7) is 10.3. The highest BCUT2D eigenvalue weighted by Crippen LogP contribution is 2.31. The van der Waals surface area contributed by atoms with Crippen molar-refractivity contribution < 1.29 is 4.79 Å². The van der Waals surface area contributed by atoms with E-state index in [0.717, 1.165) is 25.3 Å². The van der Waals surface area contributed by atoms with Crippen molar-refractivity contribution in [2.75, 3.05) is 13.1 Å². The van der Waals surface area contributed by atoms with Crippen LogP contribution in [0.1, 0.15) is 59.8 Å². The van der Waals surface area contributed by atoms with Gasteiger partial charge in [-0.05, 0) is 57.4 Å². The summed E-state index contributed by atoms with van der Waals surface area (Å²) >= 11 is 0. The molecule has 1 saturated carbocycles. The molecule has 0 bridgehead atoms. The lowest BCUT2D eigenvalue weighted by Crippen LogP contribution is -2.39. The topological polar surface area (TPSA) is 46.3 Å². The zero-order valence-corrected chi connectivity index (χ0v) is 12.5. The van der Waals surface area contributed by atoms with E-state index in [4.69, 9.17) is 5.73 Å². The maximum absolute atomic E-state index is 12.3. The van der Waals surface area contributed by atoms with Gasteiger partial charge in [0.1, 0.15) is 0 Å². The highest BCUT2D eigenvalue weighted by Gasteiger charge is 2.28. The standard InChI is InChI=1S/C15H30N2O/c1-12(2)17(11-13-5-6-13)14(18)7-8-15(3,4)9-10-16/h12-13H,5-11,16H2,1-4H3. The highest BCUT2D eigenvalue weighted by atomic mass is 16.2. The van der Waals surface area contributed by atoms with Crippen molar-refractivity contribution >= 4 is 5.91 Å². The van der Waals surface area contributed by atoms with Crippen LogP contribution in [-0.4, -0.2) is 29.9 Å². The van der Waals surface area contributed by atoms with Crippen LogP contribution in [0.25, 0.3) is 0 Å². The Kier molecular flexibility index (Phi) is 5.64. The van der Waals surface area contributed by atoms with Crippen LogP contribution in [-0.2, 0) is 4.79 Å². The molecule has 1 amide bonds. The Morgan fingerprint density at radius 3 is 2.39 bits per heavy atom. The molecule has 0 unspecified atom stereocenters. The fourth-order valence-corrected chi connectivity index (χ4v) is 2.28. The fourth-order valence-electron chi connectivity index (χ4n) is 2.28. The molecule has 0 aliphatic heterocycles. The van der Waals surface area contributed by atoms with Gasteiger partial charge in [0, 0.05) is 19.0 Å². The molecule has 2 N–H and O–H groups in total. The summed E-state index contributed by atoms with van der Waals surface area (Å²) < 4.78 is 0. The molecule has 3 heteroatoms. The Bertz CT molecular complexity index is 270. The summed E-state index contributed by atoms with van der Waals surface area (Å²) in [5.74, 6) is 1.09. The lowest BCUT2D eigenvalue weighted by atomic mass is 9.84. The molecular weight excluding hydrogens is 224 g/mol. The Morgan fingerprint density at radius 1 is 1.33 bits per heavy atom. The lowest BCUT2D eigenvalue weighted by Gasteiger charge is -2.29. The first-order chi connectivity index (χ1) is 8.35. The molecule has 0 heterocycles. The summed E-state index contributed by atoms with van der Waals surface area (Å²) in [7, 11) is 0. The van der Waals surface area contributed by atoms with Crippen molar-refractivity contribution in [3.8, 4) is 0 Å². The van der Waals surface area contributed by atoms with Gasteiger partial charge < -0.3 is 10.6 Å². The van der Waals surface area contributed by atoms with Gasteiger partial charge >= 0.3 is 0 Å². The second kappa shape index (κ2) is 6.55. The number of nitrogens with zero attached hydrogens (tertiary/aromatic N) is 1. The van der Waals surface area contributed by atoms with Crippen molar-refractivity contribution in [1.29, 1.82) is 0 Å². The third-order valence-electron chi connectivity index (χ3n) is 3.93. The second-order valence-corrected chi connectivity index (χ2v) is 6.79. The molecule has 0 aromatic heterocycles. The minimum Gasteiger partial charge on any atom is -0.340 e. The first-order valence-electron chi connectivity index (χ1n) is 7.35. The van der Waals surface area contributed by atoms with Crippen molar-refractivity contribution in [2.45, 2.75) is 65.8 Å². The predicted molar refractivity (Wildman–Crippen MR) is 76.3 cm³/mol. The number of rotatable bonds is 8. The molecule has 1 aliphatic rings. The summed E-state index contributed by atoms with van der Waals surface area (Å²) in [5.41, 5.74) is 5.80. The van der Waals surface area contributed by atoms with Crippen LogP contribution in [0.5, 0.6) is 0 Å². The molecule has 0 atom stereocenters. The van der Waals surface area contributed by atoms with Gasteiger partial charge in [0.2, 0.25) is 5.91 Å². The Morgan fingerprint density at radius 2 is 1.94 bits per heavy atom. The maximum atomic E-state index is 12.3. The molecule has 18 heavy (non-hydrogen) atoms. The average Bonchev–Trinajstić information content (AvgIpc) is 3.06. The summed E-state index contributed by atoms with van der Waals surface area (Å²) in [6.07, 6.45) is 5.20. The van der Waals surface area contributed by atoms with E-state index in [1.807, 2.05) is 0 Å². The number of amides is 1. The van der Waals surface area contributed by atoms with E-state index in [2.05, 4.69) is 32.6 Å². The maximum Gasteiger partial charge on any atom is 0.222 e. The molecule has 1 rings (SSSR count). The highest BCUT2D eigenvalue weighted by molar-refractivity contribution is 5.76. The van der Waals surface area contributed by atoms with E-state index in [0.29, 0.717) is 24.9 Å². The predicted octanol–water partition coefficient (Wildman–Crippen LogP) is 2.79. The number of hydrogen-bond acceptors (Lipinski definition) is 2. The Hall–Kier alpha value is -0.570. The summed E-state index contributed by atoms with van der Waals surface area (Å²) in [5, 5.41) is 0. The van der Waals surface area contributed by atoms with Crippen LogP contribution in [0.15, 0.2) is 0 Å². The normalized spacial score (nSPS) is 16.1. The lowest BCUT2D eigenvalue weighted by molar-refractivity contribution is -0.133. The molecule has 0 aromatic carbocycles. The Labute approximate surface area is 112 Å². The van der Waals surface area contributed by atoms with Gasteiger partial charge in [-0.25, -0.2) is 0 Å². The molecular formula is C15H30N2O. The van der Waals surface area contributed by atoms with E-state index >= 15 is 0 Å². The first kappa shape index (κ1) is 15.5. The van der Waals surface area contributed by atoms with Crippen LogP contribution in [0.4, 0.5) is 0 Å². The quantitative estimate of drug-likeness (QED) is 0.724. The van der Waals surface area contributed by atoms with Crippen molar-refractivity contribution in [1.82, 2.24) is 4.90 Å². The van der Waals surface area contributed by atoms with E-state index in [-0.39, 0.29) is 5.41 Å². The molecule has 106 valence electrons.